The van der Waals surface area contributed by atoms with Gasteiger partial charge in [-0.1, -0.05) is 23.7 Å². The number of benzene rings is 1. The Hall–Kier alpha value is -1.94. The van der Waals surface area contributed by atoms with E-state index in [1.165, 1.54) is 11.6 Å². The number of hydrogen-bond acceptors (Lipinski definition) is 2. The quantitative estimate of drug-likeness (QED) is 0.856. The third-order valence-electron chi connectivity index (χ3n) is 4.39. The molecule has 1 aliphatic rings. The van der Waals surface area contributed by atoms with Gasteiger partial charge in [0, 0.05) is 36.1 Å². The molecule has 0 N–H and O–H groups in total. The molecular weight excluding hydrogens is 315 g/mol. The van der Waals surface area contributed by atoms with Crippen LogP contribution in [0.4, 0.5) is 4.39 Å². The summed E-state index contributed by atoms with van der Waals surface area (Å²) in [6.45, 7) is 1.37. The fourth-order valence-corrected chi connectivity index (χ4v) is 3.27. The van der Waals surface area contributed by atoms with E-state index in [-0.39, 0.29) is 17.9 Å². The Kier molecular flexibility index (Phi) is 4.91. The summed E-state index contributed by atoms with van der Waals surface area (Å²) in [5.74, 6) is -0.0532. The zero-order chi connectivity index (χ0) is 16.2. The number of piperidine rings is 1. The van der Waals surface area contributed by atoms with Gasteiger partial charge in [0.15, 0.2) is 0 Å². The van der Waals surface area contributed by atoms with E-state index < -0.39 is 5.82 Å². The van der Waals surface area contributed by atoms with Gasteiger partial charge in [0.05, 0.1) is 6.42 Å². The van der Waals surface area contributed by atoms with Gasteiger partial charge in [0.1, 0.15) is 5.82 Å². The highest BCUT2D eigenvalue weighted by Crippen LogP contribution is 2.28. The molecule has 0 aliphatic carbocycles. The minimum atomic E-state index is -0.420. The van der Waals surface area contributed by atoms with Crippen molar-refractivity contribution in [2.75, 3.05) is 13.1 Å². The highest BCUT2D eigenvalue weighted by Gasteiger charge is 2.25. The third kappa shape index (κ3) is 3.70. The molecule has 0 saturated carbocycles. The minimum Gasteiger partial charge on any atom is -0.342 e. The van der Waals surface area contributed by atoms with Crippen LogP contribution in [0.5, 0.6) is 0 Å². The minimum absolute atomic E-state index is 0.0169. The number of halogens is 2. The number of amides is 1. The second-order valence-corrected chi connectivity index (χ2v) is 6.23. The lowest BCUT2D eigenvalue weighted by Gasteiger charge is -2.32. The van der Waals surface area contributed by atoms with Gasteiger partial charge in [-0.3, -0.25) is 9.78 Å². The summed E-state index contributed by atoms with van der Waals surface area (Å²) in [4.78, 5) is 18.4. The molecule has 5 heteroatoms. The molecule has 3 rings (SSSR count). The summed E-state index contributed by atoms with van der Waals surface area (Å²) < 4.78 is 13.8. The molecule has 0 atom stereocenters. The summed E-state index contributed by atoms with van der Waals surface area (Å²) in [7, 11) is 0. The van der Waals surface area contributed by atoms with Crippen molar-refractivity contribution in [2.45, 2.75) is 25.2 Å². The van der Waals surface area contributed by atoms with Gasteiger partial charge in [-0.05, 0) is 42.5 Å². The van der Waals surface area contributed by atoms with Gasteiger partial charge in [0.25, 0.3) is 0 Å². The zero-order valence-corrected chi connectivity index (χ0v) is 13.5. The highest BCUT2D eigenvalue weighted by atomic mass is 35.5. The van der Waals surface area contributed by atoms with Crippen LogP contribution in [-0.4, -0.2) is 28.9 Å². The first kappa shape index (κ1) is 15.9. The highest BCUT2D eigenvalue weighted by molar-refractivity contribution is 6.31. The predicted octanol–water partition coefficient (Wildman–Crippen LogP) is 3.82. The second kappa shape index (κ2) is 7.09. The molecule has 23 heavy (non-hydrogen) atoms. The standard InChI is InChI=1S/C18H18ClFN2O/c19-16-4-1-5-17(20)15(16)11-18(23)22-9-6-13(7-10-22)14-3-2-8-21-12-14/h1-5,8,12-13H,6-7,9-11H2. The maximum Gasteiger partial charge on any atom is 0.227 e. The zero-order valence-electron chi connectivity index (χ0n) is 12.7. The van der Waals surface area contributed by atoms with E-state index in [1.54, 1.807) is 23.2 Å². The average molecular weight is 333 g/mol. The Labute approximate surface area is 140 Å². The molecule has 0 spiro atoms. The van der Waals surface area contributed by atoms with E-state index in [2.05, 4.69) is 11.1 Å². The van der Waals surface area contributed by atoms with Crippen molar-refractivity contribution in [3.8, 4) is 0 Å². The van der Waals surface area contributed by atoms with Crippen molar-refractivity contribution < 1.29 is 9.18 Å². The van der Waals surface area contributed by atoms with Gasteiger partial charge in [-0.15, -0.1) is 0 Å². The summed E-state index contributed by atoms with van der Waals surface area (Å²) in [6, 6.07) is 8.51. The molecule has 3 nitrogen and oxygen atoms in total. The van der Waals surface area contributed by atoms with Crippen molar-refractivity contribution in [3.63, 3.8) is 0 Å². The number of likely N-dealkylation sites (tertiary alicyclic amines) is 1. The van der Waals surface area contributed by atoms with Gasteiger partial charge in [-0.2, -0.15) is 0 Å². The number of rotatable bonds is 3. The molecular formula is C18H18ClFN2O. The number of carbonyl (C=O) groups excluding carboxylic acids is 1. The largest absolute Gasteiger partial charge is 0.342 e. The lowest BCUT2D eigenvalue weighted by molar-refractivity contribution is -0.131. The molecule has 1 saturated heterocycles. The van der Waals surface area contributed by atoms with E-state index in [1.807, 2.05) is 12.3 Å². The Morgan fingerprint density at radius 2 is 2.04 bits per heavy atom. The van der Waals surface area contributed by atoms with Crippen LogP contribution < -0.4 is 0 Å². The summed E-state index contributed by atoms with van der Waals surface area (Å²) in [5.41, 5.74) is 1.50. The van der Waals surface area contributed by atoms with Gasteiger partial charge in [0.2, 0.25) is 5.91 Å². The predicted molar refractivity (Wildman–Crippen MR) is 87.9 cm³/mol. The Bertz CT molecular complexity index is 664. The van der Waals surface area contributed by atoms with Crippen molar-refractivity contribution in [1.82, 2.24) is 9.88 Å². The second-order valence-electron chi connectivity index (χ2n) is 5.82. The third-order valence-corrected chi connectivity index (χ3v) is 4.75. The van der Waals surface area contributed by atoms with Crippen LogP contribution >= 0.6 is 11.6 Å². The van der Waals surface area contributed by atoms with E-state index in [0.717, 1.165) is 12.8 Å². The molecule has 0 bridgehead atoms. The summed E-state index contributed by atoms with van der Waals surface area (Å²) >= 11 is 6.00. The first-order chi connectivity index (χ1) is 11.1. The topological polar surface area (TPSA) is 33.2 Å². The SMILES string of the molecule is O=C(Cc1c(F)cccc1Cl)N1CCC(c2cccnc2)CC1. The van der Waals surface area contributed by atoms with Crippen LogP contribution in [0, 0.1) is 5.82 Å². The fourth-order valence-electron chi connectivity index (χ4n) is 3.04. The molecule has 2 aromatic rings. The smallest absolute Gasteiger partial charge is 0.227 e. The van der Waals surface area contributed by atoms with Gasteiger partial charge in [-0.25, -0.2) is 4.39 Å². The van der Waals surface area contributed by atoms with E-state index in [0.29, 0.717) is 24.0 Å². The van der Waals surface area contributed by atoms with Crippen molar-refractivity contribution >= 4 is 17.5 Å². The van der Waals surface area contributed by atoms with Gasteiger partial charge < -0.3 is 4.90 Å². The molecule has 0 radical (unpaired) electrons. The van der Waals surface area contributed by atoms with Crippen LogP contribution in [0.3, 0.4) is 0 Å². The molecule has 1 aromatic heterocycles. The molecule has 1 amide bonds. The molecule has 0 unspecified atom stereocenters. The molecule has 1 aliphatic heterocycles. The van der Waals surface area contributed by atoms with Crippen molar-refractivity contribution in [3.05, 3.63) is 64.7 Å². The van der Waals surface area contributed by atoms with Crippen LogP contribution in [0.1, 0.15) is 29.9 Å². The number of nitrogens with zero attached hydrogens (tertiary/aromatic N) is 2. The van der Waals surface area contributed by atoms with E-state index in [9.17, 15) is 9.18 Å². The normalized spacial score (nSPS) is 15.7. The Morgan fingerprint density at radius 3 is 2.70 bits per heavy atom. The summed E-state index contributed by atoms with van der Waals surface area (Å²) in [6.07, 6.45) is 5.48. The molecule has 1 aromatic carbocycles. The first-order valence-corrected chi connectivity index (χ1v) is 8.13. The first-order valence-electron chi connectivity index (χ1n) is 7.75. The van der Waals surface area contributed by atoms with Gasteiger partial charge >= 0.3 is 0 Å². The number of hydrogen-bond donors (Lipinski definition) is 0. The van der Waals surface area contributed by atoms with E-state index in [4.69, 9.17) is 11.6 Å². The fraction of sp³-hybridized carbons (Fsp3) is 0.333. The monoisotopic (exact) mass is 332 g/mol. The molecule has 1 fully saturated rings. The van der Waals surface area contributed by atoms with Crippen molar-refractivity contribution in [2.24, 2.45) is 0 Å². The lowest BCUT2D eigenvalue weighted by atomic mass is 9.90. The maximum absolute atomic E-state index is 13.8. The van der Waals surface area contributed by atoms with Crippen LogP contribution in [0.15, 0.2) is 42.7 Å². The molecule has 2 heterocycles. The Balaban J connectivity index is 1.60. The van der Waals surface area contributed by atoms with E-state index >= 15 is 0 Å². The summed E-state index contributed by atoms with van der Waals surface area (Å²) in [5, 5.41) is 0.309. The Morgan fingerprint density at radius 1 is 1.26 bits per heavy atom. The van der Waals surface area contributed by atoms with Crippen LogP contribution in [-0.2, 0) is 11.2 Å². The lowest BCUT2D eigenvalue weighted by Crippen LogP contribution is -2.39. The average Bonchev–Trinajstić information content (AvgIpc) is 2.59. The van der Waals surface area contributed by atoms with Crippen LogP contribution in [0.25, 0.3) is 0 Å². The number of aromatic nitrogens is 1. The number of carbonyl (C=O) groups is 1. The molecule has 120 valence electrons. The maximum atomic E-state index is 13.8. The van der Waals surface area contributed by atoms with Crippen LogP contribution in [0.2, 0.25) is 5.02 Å². The van der Waals surface area contributed by atoms with Crippen molar-refractivity contribution in [1.29, 1.82) is 0 Å². The number of pyridine rings is 1.